The van der Waals surface area contributed by atoms with Gasteiger partial charge in [-0.1, -0.05) is 0 Å². The third kappa shape index (κ3) is 1.52. The fourth-order valence-electron chi connectivity index (χ4n) is 1.17. The third-order valence-electron chi connectivity index (χ3n) is 2.39. The highest BCUT2D eigenvalue weighted by Crippen LogP contribution is 2.40. The summed E-state index contributed by atoms with van der Waals surface area (Å²) in [6.45, 7) is 4.04. The summed E-state index contributed by atoms with van der Waals surface area (Å²) in [6, 6.07) is 2.18. The van der Waals surface area contributed by atoms with E-state index in [1.165, 1.54) is 24.4 Å². The summed E-state index contributed by atoms with van der Waals surface area (Å²) in [7, 11) is 0. The topological polar surface area (TPSA) is 48.7 Å². The minimum Gasteiger partial charge on any atom is -0.369 e. The molecule has 1 N–H and O–H groups in total. The number of nitrogens with one attached hydrogen (secondary N) is 1. The normalized spacial score (nSPS) is 17.9. The maximum atomic E-state index is 8.88. The van der Waals surface area contributed by atoms with Gasteiger partial charge >= 0.3 is 0 Å². The minimum atomic E-state index is 0.227. The van der Waals surface area contributed by atoms with Gasteiger partial charge in [0.15, 0.2) is 0 Å². The van der Waals surface area contributed by atoms with Crippen molar-refractivity contribution in [3.63, 3.8) is 0 Å². The zero-order valence-electron chi connectivity index (χ0n) is 7.72. The molecule has 4 heteroatoms. The average Bonchev–Trinajstić information content (AvgIpc) is 2.70. The maximum Gasteiger partial charge on any atom is 0.128 e. The van der Waals surface area contributed by atoms with Crippen LogP contribution in [0.1, 0.15) is 31.0 Å². The van der Waals surface area contributed by atoms with E-state index >= 15 is 0 Å². The van der Waals surface area contributed by atoms with Crippen molar-refractivity contribution >= 4 is 16.5 Å². The van der Waals surface area contributed by atoms with Crippen molar-refractivity contribution in [1.29, 1.82) is 5.26 Å². The van der Waals surface area contributed by atoms with Crippen LogP contribution in [0, 0.1) is 18.3 Å². The first-order chi connectivity index (χ1) is 6.14. The molecule has 1 heterocycles. The number of anilines is 1. The van der Waals surface area contributed by atoms with E-state index in [-0.39, 0.29) is 5.54 Å². The molecule has 1 fully saturated rings. The molecule has 0 amide bonds. The molecule has 0 atom stereocenters. The molecular formula is C9H11N3S. The zero-order chi connectivity index (χ0) is 9.47. The van der Waals surface area contributed by atoms with E-state index in [2.05, 4.69) is 22.7 Å². The summed E-state index contributed by atoms with van der Waals surface area (Å²) in [5.74, 6) is 0. The number of nitriles is 1. The van der Waals surface area contributed by atoms with E-state index in [1.807, 2.05) is 6.92 Å². The monoisotopic (exact) mass is 193 g/mol. The molecule has 0 unspecified atom stereocenters. The van der Waals surface area contributed by atoms with Gasteiger partial charge in [0.2, 0.25) is 0 Å². The minimum absolute atomic E-state index is 0.227. The lowest BCUT2D eigenvalue weighted by Gasteiger charge is -2.09. The summed E-state index contributed by atoms with van der Waals surface area (Å²) < 4.78 is 4.16. The molecule has 0 radical (unpaired) electrons. The second-order valence-corrected chi connectivity index (χ2v) is 4.54. The van der Waals surface area contributed by atoms with Gasteiger partial charge < -0.3 is 5.32 Å². The predicted octanol–water partition coefficient (Wildman–Crippen LogP) is 2.29. The highest BCUT2D eigenvalue weighted by molar-refractivity contribution is 7.10. The van der Waals surface area contributed by atoms with Crippen LogP contribution in [0.2, 0.25) is 0 Å². The van der Waals surface area contributed by atoms with E-state index in [0.717, 1.165) is 10.7 Å². The maximum absolute atomic E-state index is 8.88. The average molecular weight is 193 g/mol. The van der Waals surface area contributed by atoms with Gasteiger partial charge in [0.05, 0.1) is 5.69 Å². The third-order valence-corrected chi connectivity index (χ3v) is 3.24. The molecule has 2 rings (SSSR count). The molecule has 68 valence electrons. The Labute approximate surface area is 81.6 Å². The summed E-state index contributed by atoms with van der Waals surface area (Å²) >= 11 is 1.38. The Hall–Kier alpha value is -1.08. The van der Waals surface area contributed by atoms with E-state index in [1.54, 1.807) is 0 Å². The van der Waals surface area contributed by atoms with Gasteiger partial charge in [-0.3, -0.25) is 0 Å². The Bertz CT molecular complexity index is 371. The molecule has 0 bridgehead atoms. The summed E-state index contributed by atoms with van der Waals surface area (Å²) in [5, 5.41) is 13.2. The quantitative estimate of drug-likeness (QED) is 0.784. The van der Waals surface area contributed by atoms with Crippen LogP contribution in [0.15, 0.2) is 0 Å². The first-order valence-corrected chi connectivity index (χ1v) is 5.06. The number of hydrogen-bond donors (Lipinski definition) is 1. The molecule has 0 saturated heterocycles. The van der Waals surface area contributed by atoms with E-state index in [9.17, 15) is 0 Å². The van der Waals surface area contributed by atoms with E-state index in [4.69, 9.17) is 5.26 Å². The lowest BCUT2D eigenvalue weighted by atomic mass is 10.2. The summed E-state index contributed by atoms with van der Waals surface area (Å²) in [5.41, 5.74) is 1.77. The van der Waals surface area contributed by atoms with Crippen molar-refractivity contribution in [1.82, 2.24) is 4.37 Å². The van der Waals surface area contributed by atoms with E-state index in [0.29, 0.717) is 5.56 Å². The van der Waals surface area contributed by atoms with Crippen LogP contribution in [0.5, 0.6) is 0 Å². The predicted molar refractivity (Wildman–Crippen MR) is 52.8 cm³/mol. The molecule has 13 heavy (non-hydrogen) atoms. The molecule has 0 aliphatic heterocycles. The van der Waals surface area contributed by atoms with Gasteiger partial charge in [0.25, 0.3) is 0 Å². The molecule has 1 aliphatic carbocycles. The highest BCUT2D eigenvalue weighted by atomic mass is 32.1. The van der Waals surface area contributed by atoms with Crippen LogP contribution >= 0.6 is 11.5 Å². The number of nitrogens with zero attached hydrogens (tertiary/aromatic N) is 2. The van der Waals surface area contributed by atoms with Gasteiger partial charge in [-0.05, 0) is 38.2 Å². The first kappa shape index (κ1) is 8.52. The van der Waals surface area contributed by atoms with Crippen LogP contribution < -0.4 is 5.32 Å². The van der Waals surface area contributed by atoms with Gasteiger partial charge in [-0.15, -0.1) is 0 Å². The Morgan fingerprint density at radius 2 is 2.31 bits per heavy atom. The highest BCUT2D eigenvalue weighted by Gasteiger charge is 2.38. The standard InChI is InChI=1S/C9H11N3S/c1-6-7(5-10)8(13-12-6)11-9(2)3-4-9/h11H,3-4H2,1-2H3. The van der Waals surface area contributed by atoms with Crippen LogP contribution in [0.4, 0.5) is 5.00 Å². The molecule has 1 aromatic heterocycles. The Morgan fingerprint density at radius 3 is 2.85 bits per heavy atom. The van der Waals surface area contributed by atoms with Gasteiger partial charge in [-0.2, -0.15) is 9.64 Å². The second kappa shape index (κ2) is 2.71. The Kier molecular flexibility index (Phi) is 1.77. The van der Waals surface area contributed by atoms with Gasteiger partial charge in [0, 0.05) is 5.54 Å². The number of aromatic nitrogens is 1. The smallest absolute Gasteiger partial charge is 0.128 e. The lowest BCUT2D eigenvalue weighted by molar-refractivity contribution is 0.833. The Morgan fingerprint density at radius 1 is 1.62 bits per heavy atom. The van der Waals surface area contributed by atoms with Crippen LogP contribution in [0.3, 0.4) is 0 Å². The van der Waals surface area contributed by atoms with Crippen molar-refractivity contribution in [3.05, 3.63) is 11.3 Å². The zero-order valence-corrected chi connectivity index (χ0v) is 8.53. The number of hydrogen-bond acceptors (Lipinski definition) is 4. The molecular weight excluding hydrogens is 182 g/mol. The molecule has 0 spiro atoms. The molecule has 1 aliphatic rings. The second-order valence-electron chi connectivity index (χ2n) is 3.77. The number of rotatable bonds is 2. The van der Waals surface area contributed by atoms with Gasteiger partial charge in [-0.25, -0.2) is 0 Å². The van der Waals surface area contributed by atoms with Crippen molar-refractivity contribution in [2.45, 2.75) is 32.2 Å². The largest absolute Gasteiger partial charge is 0.369 e. The van der Waals surface area contributed by atoms with E-state index < -0.39 is 0 Å². The van der Waals surface area contributed by atoms with Crippen molar-refractivity contribution in [2.75, 3.05) is 5.32 Å². The van der Waals surface area contributed by atoms with Crippen LogP contribution in [-0.2, 0) is 0 Å². The molecule has 1 aromatic rings. The summed E-state index contributed by atoms with van der Waals surface area (Å²) in [4.78, 5) is 0. The fourth-order valence-corrected chi connectivity index (χ4v) is 2.07. The molecule has 0 aromatic carbocycles. The van der Waals surface area contributed by atoms with Crippen LogP contribution in [-0.4, -0.2) is 9.91 Å². The Balaban J connectivity index is 2.25. The SMILES string of the molecule is Cc1nsc(NC2(C)CC2)c1C#N. The van der Waals surface area contributed by atoms with Crippen LogP contribution in [0.25, 0.3) is 0 Å². The van der Waals surface area contributed by atoms with Crippen molar-refractivity contribution < 1.29 is 0 Å². The molecule has 1 saturated carbocycles. The lowest BCUT2D eigenvalue weighted by Crippen LogP contribution is -2.15. The van der Waals surface area contributed by atoms with Gasteiger partial charge in [0.1, 0.15) is 16.6 Å². The van der Waals surface area contributed by atoms with Crippen molar-refractivity contribution in [3.8, 4) is 6.07 Å². The number of aryl methyl sites for hydroxylation is 1. The summed E-state index contributed by atoms with van der Waals surface area (Å²) in [6.07, 6.45) is 2.38. The fraction of sp³-hybridized carbons (Fsp3) is 0.556. The van der Waals surface area contributed by atoms with Crippen molar-refractivity contribution in [2.24, 2.45) is 0 Å². The first-order valence-electron chi connectivity index (χ1n) is 4.29. The molecule has 3 nitrogen and oxygen atoms in total.